The van der Waals surface area contributed by atoms with Crippen LogP contribution < -0.4 is 10.5 Å². The van der Waals surface area contributed by atoms with Crippen molar-refractivity contribution in [1.82, 2.24) is 4.98 Å². The zero-order valence-corrected chi connectivity index (χ0v) is 12.2. The summed E-state index contributed by atoms with van der Waals surface area (Å²) in [6, 6.07) is 8.04. The minimum Gasteiger partial charge on any atom is -0.427 e. The SMILES string of the molecule is CC(=O)Oc1cccc(C(=O)C#Cc2cc(C)cnc2N)c1. The third kappa shape index (κ3) is 3.93. The molecule has 0 radical (unpaired) electrons. The summed E-state index contributed by atoms with van der Waals surface area (Å²) >= 11 is 0. The van der Waals surface area contributed by atoms with Gasteiger partial charge >= 0.3 is 5.97 Å². The quantitative estimate of drug-likeness (QED) is 0.397. The van der Waals surface area contributed by atoms with E-state index in [1.54, 1.807) is 30.5 Å². The first-order valence-corrected chi connectivity index (χ1v) is 6.52. The molecule has 0 amide bonds. The van der Waals surface area contributed by atoms with Crippen LogP contribution in [0.3, 0.4) is 0 Å². The zero-order valence-electron chi connectivity index (χ0n) is 12.2. The topological polar surface area (TPSA) is 82.3 Å². The summed E-state index contributed by atoms with van der Waals surface area (Å²) < 4.78 is 4.93. The number of rotatable bonds is 2. The van der Waals surface area contributed by atoms with E-state index >= 15 is 0 Å². The second-order valence-corrected chi connectivity index (χ2v) is 4.65. The summed E-state index contributed by atoms with van der Waals surface area (Å²) in [7, 11) is 0. The third-order valence-electron chi connectivity index (χ3n) is 2.72. The molecule has 0 saturated carbocycles. The van der Waals surface area contributed by atoms with Crippen LogP contribution in [-0.2, 0) is 4.79 Å². The highest BCUT2D eigenvalue weighted by Gasteiger charge is 2.06. The summed E-state index contributed by atoms with van der Waals surface area (Å²) in [5.41, 5.74) is 7.46. The highest BCUT2D eigenvalue weighted by Crippen LogP contribution is 2.14. The van der Waals surface area contributed by atoms with Crippen LogP contribution in [-0.4, -0.2) is 16.7 Å². The van der Waals surface area contributed by atoms with E-state index in [0.29, 0.717) is 16.9 Å². The van der Waals surface area contributed by atoms with Gasteiger partial charge < -0.3 is 10.5 Å². The Morgan fingerprint density at radius 3 is 2.77 bits per heavy atom. The molecule has 1 aromatic carbocycles. The number of nitrogen functional groups attached to an aromatic ring is 1. The maximum atomic E-state index is 12.1. The molecule has 5 nitrogen and oxygen atoms in total. The summed E-state index contributed by atoms with van der Waals surface area (Å²) in [6.07, 6.45) is 1.63. The molecule has 0 aliphatic heterocycles. The normalized spacial score (nSPS) is 9.55. The number of nitrogens with two attached hydrogens (primary N) is 1. The van der Waals surface area contributed by atoms with Crippen molar-refractivity contribution in [1.29, 1.82) is 0 Å². The van der Waals surface area contributed by atoms with Crippen LogP contribution in [0.25, 0.3) is 0 Å². The molecular weight excluding hydrogens is 280 g/mol. The fourth-order valence-electron chi connectivity index (χ4n) is 1.74. The molecule has 0 atom stereocenters. The number of Topliss-reactive ketones (excluding diaryl/α,β-unsaturated/α-hetero) is 1. The molecule has 2 rings (SSSR count). The average molecular weight is 294 g/mol. The Morgan fingerprint density at radius 1 is 1.27 bits per heavy atom. The van der Waals surface area contributed by atoms with E-state index in [1.807, 2.05) is 6.92 Å². The second-order valence-electron chi connectivity index (χ2n) is 4.65. The lowest BCUT2D eigenvalue weighted by atomic mass is 10.1. The van der Waals surface area contributed by atoms with Gasteiger partial charge in [-0.3, -0.25) is 9.59 Å². The lowest BCUT2D eigenvalue weighted by molar-refractivity contribution is -0.131. The minimum atomic E-state index is -0.450. The van der Waals surface area contributed by atoms with Crippen molar-refractivity contribution >= 4 is 17.6 Å². The van der Waals surface area contributed by atoms with Crippen LogP contribution in [0.4, 0.5) is 5.82 Å². The van der Waals surface area contributed by atoms with Gasteiger partial charge in [0, 0.05) is 18.7 Å². The summed E-state index contributed by atoms with van der Waals surface area (Å²) in [4.78, 5) is 27.0. The van der Waals surface area contributed by atoms with Crippen LogP contribution in [0.15, 0.2) is 36.5 Å². The van der Waals surface area contributed by atoms with E-state index in [2.05, 4.69) is 16.8 Å². The molecule has 1 aromatic heterocycles. The standard InChI is InChI=1S/C17H14N2O3/c1-11-8-14(17(18)19-10-11)6-7-16(21)13-4-3-5-15(9-13)22-12(2)20/h3-5,8-10H,1-2H3,(H2,18,19). The minimum absolute atomic E-state index is 0.277. The molecule has 1 heterocycles. The Hall–Kier alpha value is -3.13. The predicted octanol–water partition coefficient (Wildman–Crippen LogP) is 2.13. The maximum absolute atomic E-state index is 12.1. The Labute approximate surface area is 128 Å². The molecule has 22 heavy (non-hydrogen) atoms. The number of anilines is 1. The smallest absolute Gasteiger partial charge is 0.308 e. The number of benzene rings is 1. The van der Waals surface area contributed by atoms with Gasteiger partial charge in [0.05, 0.1) is 5.56 Å². The average Bonchev–Trinajstić information content (AvgIpc) is 2.47. The molecule has 0 aliphatic carbocycles. The number of aryl methyl sites for hydroxylation is 1. The molecular formula is C17H14N2O3. The molecule has 2 aromatic rings. The number of carbonyl (C=O) groups excluding carboxylic acids is 2. The van der Waals surface area contributed by atoms with Crippen LogP contribution in [0.5, 0.6) is 5.75 Å². The number of ether oxygens (including phenoxy) is 1. The molecule has 0 fully saturated rings. The fraction of sp³-hybridized carbons (Fsp3) is 0.118. The van der Waals surface area contributed by atoms with Gasteiger partial charge in [-0.15, -0.1) is 0 Å². The van der Waals surface area contributed by atoms with Gasteiger partial charge in [-0.25, -0.2) is 4.98 Å². The monoisotopic (exact) mass is 294 g/mol. The number of esters is 1. The molecule has 0 bridgehead atoms. The van der Waals surface area contributed by atoms with E-state index in [4.69, 9.17) is 10.5 Å². The summed E-state index contributed by atoms with van der Waals surface area (Å²) in [6.45, 7) is 3.16. The number of nitrogens with zero attached hydrogens (tertiary/aromatic N) is 1. The first-order valence-electron chi connectivity index (χ1n) is 6.52. The van der Waals surface area contributed by atoms with Crippen LogP contribution >= 0.6 is 0 Å². The van der Waals surface area contributed by atoms with Crippen molar-refractivity contribution in [3.8, 4) is 17.6 Å². The van der Waals surface area contributed by atoms with Gasteiger partial charge in [-0.1, -0.05) is 18.1 Å². The summed E-state index contributed by atoms with van der Waals surface area (Å²) in [5.74, 6) is 4.97. The maximum Gasteiger partial charge on any atom is 0.308 e. The van der Waals surface area contributed by atoms with Gasteiger partial charge in [0.25, 0.3) is 0 Å². The first-order chi connectivity index (χ1) is 10.5. The number of carbonyl (C=O) groups is 2. The first kappa shape index (κ1) is 15.3. The van der Waals surface area contributed by atoms with E-state index < -0.39 is 11.8 Å². The molecule has 0 spiro atoms. The van der Waals surface area contributed by atoms with Crippen molar-refractivity contribution in [2.24, 2.45) is 0 Å². The van der Waals surface area contributed by atoms with Crippen molar-refractivity contribution in [2.45, 2.75) is 13.8 Å². The van der Waals surface area contributed by atoms with Gasteiger partial charge in [0.15, 0.2) is 0 Å². The molecule has 2 N–H and O–H groups in total. The fourth-order valence-corrected chi connectivity index (χ4v) is 1.74. The van der Waals surface area contributed by atoms with Crippen molar-refractivity contribution in [3.05, 3.63) is 53.2 Å². The Bertz CT molecular complexity index is 801. The molecule has 110 valence electrons. The van der Waals surface area contributed by atoms with Gasteiger partial charge in [0.2, 0.25) is 5.78 Å². The number of pyridine rings is 1. The highest BCUT2D eigenvalue weighted by atomic mass is 16.5. The lowest BCUT2D eigenvalue weighted by Gasteiger charge is -2.01. The Balaban J connectivity index is 2.25. The Morgan fingerprint density at radius 2 is 2.05 bits per heavy atom. The lowest BCUT2D eigenvalue weighted by Crippen LogP contribution is -2.03. The van der Waals surface area contributed by atoms with Gasteiger partial charge in [-0.2, -0.15) is 0 Å². The Kier molecular flexibility index (Phi) is 4.54. The van der Waals surface area contributed by atoms with E-state index in [9.17, 15) is 9.59 Å². The number of ketones is 1. The van der Waals surface area contributed by atoms with Gasteiger partial charge in [0.1, 0.15) is 11.6 Å². The molecule has 0 aliphatic rings. The van der Waals surface area contributed by atoms with E-state index in [0.717, 1.165) is 5.56 Å². The molecule has 5 heteroatoms. The van der Waals surface area contributed by atoms with Crippen LogP contribution in [0.2, 0.25) is 0 Å². The van der Waals surface area contributed by atoms with Crippen molar-refractivity contribution in [2.75, 3.05) is 5.73 Å². The number of hydrogen-bond donors (Lipinski definition) is 1. The van der Waals surface area contributed by atoms with Crippen LogP contribution in [0.1, 0.15) is 28.4 Å². The largest absolute Gasteiger partial charge is 0.427 e. The second kappa shape index (κ2) is 6.55. The van der Waals surface area contributed by atoms with Gasteiger partial charge in [-0.05, 0) is 36.6 Å². The molecule has 0 unspecified atom stereocenters. The van der Waals surface area contributed by atoms with E-state index in [-0.39, 0.29) is 5.82 Å². The van der Waals surface area contributed by atoms with Crippen molar-refractivity contribution < 1.29 is 14.3 Å². The number of hydrogen-bond acceptors (Lipinski definition) is 5. The predicted molar refractivity (Wildman–Crippen MR) is 82.3 cm³/mol. The number of aromatic nitrogens is 1. The zero-order chi connectivity index (χ0) is 16.1. The van der Waals surface area contributed by atoms with E-state index in [1.165, 1.54) is 13.0 Å². The molecule has 0 saturated heterocycles. The summed E-state index contributed by atoms with van der Waals surface area (Å²) in [5, 5.41) is 0. The van der Waals surface area contributed by atoms with Crippen LogP contribution in [0, 0.1) is 18.8 Å². The third-order valence-corrected chi connectivity index (χ3v) is 2.72. The highest BCUT2D eigenvalue weighted by molar-refractivity contribution is 6.09. The van der Waals surface area contributed by atoms with Crippen molar-refractivity contribution in [3.63, 3.8) is 0 Å².